The van der Waals surface area contributed by atoms with Crippen LogP contribution in [0.4, 0.5) is 5.82 Å². The fourth-order valence-corrected chi connectivity index (χ4v) is 4.90. The van der Waals surface area contributed by atoms with E-state index in [2.05, 4.69) is 34.6 Å². The van der Waals surface area contributed by atoms with E-state index in [1.165, 1.54) is 5.56 Å². The van der Waals surface area contributed by atoms with Crippen LogP contribution in [0.2, 0.25) is 0 Å². The van der Waals surface area contributed by atoms with Gasteiger partial charge in [-0.05, 0) is 44.0 Å². The lowest BCUT2D eigenvalue weighted by molar-refractivity contribution is -0.115. The zero-order valence-electron chi connectivity index (χ0n) is 17.5. The number of aromatic amines is 1. The molecule has 1 aromatic heterocycles. The van der Waals surface area contributed by atoms with Crippen LogP contribution in [0.25, 0.3) is 0 Å². The average molecular weight is 424 g/mol. The number of H-pyrrole nitrogens is 1. The molecule has 2 unspecified atom stereocenters. The van der Waals surface area contributed by atoms with Gasteiger partial charge in [0, 0.05) is 11.3 Å². The summed E-state index contributed by atoms with van der Waals surface area (Å²) in [5.41, 5.74) is 5.28. The van der Waals surface area contributed by atoms with Gasteiger partial charge in [-0.1, -0.05) is 35.9 Å². The van der Waals surface area contributed by atoms with E-state index < -0.39 is 0 Å². The van der Waals surface area contributed by atoms with Gasteiger partial charge >= 0.3 is 0 Å². The Morgan fingerprint density at radius 3 is 2.73 bits per heavy atom. The topological polar surface area (TPSA) is 76.2 Å². The minimum absolute atomic E-state index is 0.0414. The maximum atomic E-state index is 12.4. The highest BCUT2D eigenvalue weighted by Gasteiger charge is 2.32. The van der Waals surface area contributed by atoms with Crippen molar-refractivity contribution < 1.29 is 14.3 Å². The Balaban J connectivity index is 1.63. The fraction of sp³-hybridized carbons (Fsp3) is 0.304. The van der Waals surface area contributed by atoms with Gasteiger partial charge in [0.25, 0.3) is 0 Å². The molecular weight excluding hydrogens is 398 g/mol. The highest BCUT2D eigenvalue weighted by atomic mass is 32.2. The van der Waals surface area contributed by atoms with E-state index in [1.807, 2.05) is 44.2 Å². The van der Waals surface area contributed by atoms with Crippen molar-refractivity contribution in [1.82, 2.24) is 10.2 Å². The van der Waals surface area contributed by atoms with Gasteiger partial charge in [-0.25, -0.2) is 0 Å². The molecule has 3 aromatic rings. The molecule has 0 saturated carbocycles. The van der Waals surface area contributed by atoms with Gasteiger partial charge in [-0.15, -0.1) is 11.8 Å². The third-order valence-electron chi connectivity index (χ3n) is 5.18. The molecule has 7 heteroatoms. The molecule has 2 aromatic carbocycles. The molecule has 1 aliphatic heterocycles. The predicted molar refractivity (Wildman–Crippen MR) is 119 cm³/mol. The van der Waals surface area contributed by atoms with Crippen LogP contribution in [0.5, 0.6) is 11.5 Å². The minimum atomic E-state index is -0.202. The molecule has 0 bridgehead atoms. The number of amides is 1. The lowest BCUT2D eigenvalue weighted by Gasteiger charge is -2.19. The number of nitrogens with zero attached hydrogens (tertiary/aromatic N) is 1. The van der Waals surface area contributed by atoms with Crippen molar-refractivity contribution in [2.24, 2.45) is 0 Å². The molecular formula is C23H25N3O3S. The van der Waals surface area contributed by atoms with Crippen LogP contribution >= 0.6 is 11.8 Å². The summed E-state index contributed by atoms with van der Waals surface area (Å²) in [6.07, 6.45) is 0. The fourth-order valence-electron chi connectivity index (χ4n) is 3.58. The molecule has 0 fully saturated rings. The number of anilines is 1. The van der Waals surface area contributed by atoms with Crippen molar-refractivity contribution >= 4 is 23.5 Å². The van der Waals surface area contributed by atoms with E-state index in [0.29, 0.717) is 23.9 Å². The van der Waals surface area contributed by atoms with Crippen LogP contribution in [0.3, 0.4) is 0 Å². The first-order chi connectivity index (χ1) is 14.5. The molecule has 0 aliphatic carbocycles. The number of nitrogens with one attached hydrogen (secondary N) is 2. The summed E-state index contributed by atoms with van der Waals surface area (Å²) >= 11 is 1.60. The maximum Gasteiger partial charge on any atom is 0.238 e. The van der Waals surface area contributed by atoms with Gasteiger partial charge in [0.1, 0.15) is 6.61 Å². The summed E-state index contributed by atoms with van der Waals surface area (Å²) < 4.78 is 11.7. The highest BCUT2D eigenvalue weighted by molar-refractivity contribution is 8.01. The van der Waals surface area contributed by atoms with Gasteiger partial charge in [0.15, 0.2) is 17.3 Å². The molecule has 30 heavy (non-hydrogen) atoms. The Labute approximate surface area is 180 Å². The molecule has 4 rings (SSSR count). The van der Waals surface area contributed by atoms with Crippen molar-refractivity contribution in [3.05, 3.63) is 70.4 Å². The number of fused-ring (bicyclic) bond motifs is 1. The summed E-state index contributed by atoms with van der Waals surface area (Å²) in [7, 11) is 1.64. The van der Waals surface area contributed by atoms with Crippen LogP contribution in [0.15, 0.2) is 42.5 Å². The van der Waals surface area contributed by atoms with Crippen LogP contribution in [0.1, 0.15) is 40.1 Å². The molecule has 156 valence electrons. The summed E-state index contributed by atoms with van der Waals surface area (Å²) in [6.45, 7) is 6.42. The van der Waals surface area contributed by atoms with Crippen molar-refractivity contribution in [2.75, 3.05) is 12.4 Å². The second kappa shape index (κ2) is 8.44. The van der Waals surface area contributed by atoms with E-state index in [1.54, 1.807) is 18.9 Å². The maximum absolute atomic E-state index is 12.4. The van der Waals surface area contributed by atoms with E-state index >= 15 is 0 Å². The first-order valence-electron chi connectivity index (χ1n) is 9.83. The van der Waals surface area contributed by atoms with Gasteiger partial charge < -0.3 is 14.8 Å². The monoisotopic (exact) mass is 423 g/mol. The van der Waals surface area contributed by atoms with E-state index in [-0.39, 0.29) is 16.4 Å². The van der Waals surface area contributed by atoms with Gasteiger partial charge in [-0.2, -0.15) is 5.10 Å². The quantitative estimate of drug-likeness (QED) is 0.618. The number of carbonyl (C=O) groups excluding carboxylic acids is 1. The first-order valence-corrected chi connectivity index (χ1v) is 10.8. The molecule has 1 aliphatic rings. The Kier molecular flexibility index (Phi) is 5.72. The molecule has 6 nitrogen and oxygen atoms in total. The number of aryl methyl sites for hydroxylation is 2. The van der Waals surface area contributed by atoms with Crippen LogP contribution in [-0.4, -0.2) is 28.5 Å². The number of rotatable bonds is 5. The van der Waals surface area contributed by atoms with Crippen LogP contribution in [0, 0.1) is 13.8 Å². The number of hydrogen-bond donors (Lipinski definition) is 2. The highest BCUT2D eigenvalue weighted by Crippen LogP contribution is 2.46. The Morgan fingerprint density at radius 1 is 1.13 bits per heavy atom. The Bertz CT molecular complexity index is 1080. The second-order valence-corrected chi connectivity index (χ2v) is 8.90. The van der Waals surface area contributed by atoms with E-state index in [0.717, 1.165) is 22.4 Å². The predicted octanol–water partition coefficient (Wildman–Crippen LogP) is 4.78. The van der Waals surface area contributed by atoms with Crippen molar-refractivity contribution in [3.63, 3.8) is 0 Å². The molecule has 2 N–H and O–H groups in total. The first kappa shape index (κ1) is 20.3. The summed E-state index contributed by atoms with van der Waals surface area (Å²) in [5, 5.41) is 9.94. The standard InChI is InChI=1S/C23H25N3O3S/c1-13-6-5-7-16(10-13)12-29-18-9-8-17(11-19(18)28-4)21-20-14(2)25-26-22(20)24-23(27)15(3)30-21/h5-11,15,21H,12H2,1-4H3,(H2,24,25,26,27). The molecule has 2 heterocycles. The number of ether oxygens (including phenoxy) is 2. The zero-order chi connectivity index (χ0) is 21.3. The zero-order valence-corrected chi connectivity index (χ0v) is 18.3. The SMILES string of the molecule is COc1cc(C2SC(C)C(=O)Nc3n[nH]c(C)c32)ccc1OCc1cccc(C)c1. The number of aromatic nitrogens is 2. The van der Waals surface area contributed by atoms with Crippen LogP contribution in [-0.2, 0) is 11.4 Å². The molecule has 0 radical (unpaired) electrons. The minimum Gasteiger partial charge on any atom is -0.493 e. The third kappa shape index (κ3) is 4.03. The largest absolute Gasteiger partial charge is 0.493 e. The number of hydrogen-bond acceptors (Lipinski definition) is 5. The van der Waals surface area contributed by atoms with Crippen molar-refractivity contribution in [2.45, 2.75) is 37.9 Å². The smallest absolute Gasteiger partial charge is 0.238 e. The third-order valence-corrected chi connectivity index (χ3v) is 6.58. The van der Waals surface area contributed by atoms with Gasteiger partial charge in [0.05, 0.1) is 17.6 Å². The summed E-state index contributed by atoms with van der Waals surface area (Å²) in [4.78, 5) is 12.4. The number of methoxy groups -OCH3 is 1. The molecule has 0 saturated heterocycles. The second-order valence-electron chi connectivity index (χ2n) is 7.45. The van der Waals surface area contributed by atoms with Crippen molar-refractivity contribution in [1.29, 1.82) is 0 Å². The number of benzene rings is 2. The molecule has 2 atom stereocenters. The lowest BCUT2D eigenvalue weighted by Crippen LogP contribution is -2.21. The summed E-state index contributed by atoms with van der Waals surface area (Å²) in [5.74, 6) is 1.91. The Morgan fingerprint density at radius 2 is 1.97 bits per heavy atom. The number of thioether (sulfide) groups is 1. The normalized spacial score (nSPS) is 18.3. The lowest BCUT2D eigenvalue weighted by atomic mass is 10.0. The molecule has 1 amide bonds. The average Bonchev–Trinajstić information content (AvgIpc) is 3.03. The molecule has 0 spiro atoms. The van der Waals surface area contributed by atoms with Crippen molar-refractivity contribution in [3.8, 4) is 11.5 Å². The Hall–Kier alpha value is -2.93. The van der Waals surface area contributed by atoms with Gasteiger partial charge in [0.2, 0.25) is 5.91 Å². The number of carbonyl (C=O) groups is 1. The van der Waals surface area contributed by atoms with Crippen LogP contribution < -0.4 is 14.8 Å². The van der Waals surface area contributed by atoms with E-state index in [9.17, 15) is 4.79 Å². The summed E-state index contributed by atoms with van der Waals surface area (Å²) in [6, 6.07) is 14.2. The van der Waals surface area contributed by atoms with E-state index in [4.69, 9.17) is 9.47 Å². The van der Waals surface area contributed by atoms with Gasteiger partial charge in [-0.3, -0.25) is 9.89 Å².